The van der Waals surface area contributed by atoms with Crippen molar-refractivity contribution in [3.63, 3.8) is 0 Å². The summed E-state index contributed by atoms with van der Waals surface area (Å²) >= 11 is 0. The summed E-state index contributed by atoms with van der Waals surface area (Å²) in [7, 11) is 0. The van der Waals surface area contributed by atoms with Gasteiger partial charge >= 0.3 is 0 Å². The van der Waals surface area contributed by atoms with Crippen LogP contribution in [0.2, 0.25) is 0 Å². The number of hydrogen-bond donors (Lipinski definition) is 0. The van der Waals surface area contributed by atoms with E-state index in [1.54, 1.807) is 4.90 Å². The number of hydrogen-bond acceptors (Lipinski definition) is 4. The zero-order chi connectivity index (χ0) is 14.8. The molecule has 112 valence electrons. The Bertz CT molecular complexity index is 536. The van der Waals surface area contributed by atoms with Gasteiger partial charge in [-0.1, -0.05) is 32.0 Å². The average molecular weight is 287 g/mol. The van der Waals surface area contributed by atoms with E-state index >= 15 is 0 Å². The molecule has 3 rings (SSSR count). The number of carbonyl (C=O) groups excluding carboxylic acids is 1. The lowest BCUT2D eigenvalue weighted by molar-refractivity contribution is -0.119. The van der Waals surface area contributed by atoms with E-state index in [1.165, 1.54) is 0 Å². The molecule has 5 heteroatoms. The fourth-order valence-corrected chi connectivity index (χ4v) is 2.71. The first-order valence-corrected chi connectivity index (χ1v) is 7.48. The molecule has 2 aliphatic heterocycles. The van der Waals surface area contributed by atoms with Crippen molar-refractivity contribution >= 4 is 17.6 Å². The third-order valence-corrected chi connectivity index (χ3v) is 3.87. The van der Waals surface area contributed by atoms with E-state index in [-0.39, 0.29) is 17.9 Å². The van der Waals surface area contributed by atoms with Crippen molar-refractivity contribution in [1.82, 2.24) is 4.90 Å². The number of anilines is 1. The predicted molar refractivity (Wildman–Crippen MR) is 82.4 cm³/mol. The third-order valence-electron chi connectivity index (χ3n) is 3.87. The smallest absolute Gasteiger partial charge is 0.259 e. The lowest BCUT2D eigenvalue weighted by atomic mass is 10.0. The van der Waals surface area contributed by atoms with Gasteiger partial charge in [-0.15, -0.1) is 0 Å². The number of guanidine groups is 1. The topological polar surface area (TPSA) is 45.1 Å². The van der Waals surface area contributed by atoms with Crippen LogP contribution in [0.1, 0.15) is 13.8 Å². The minimum absolute atomic E-state index is 0.0673. The van der Waals surface area contributed by atoms with Gasteiger partial charge in [0.1, 0.15) is 6.04 Å². The molecular weight excluding hydrogens is 266 g/mol. The number of nitrogens with zero attached hydrogens (tertiary/aromatic N) is 3. The number of para-hydroxylation sites is 1. The molecule has 5 nitrogen and oxygen atoms in total. The Hall–Kier alpha value is -1.88. The van der Waals surface area contributed by atoms with E-state index in [9.17, 15) is 4.79 Å². The van der Waals surface area contributed by atoms with Gasteiger partial charge in [-0.2, -0.15) is 0 Å². The number of ether oxygens (including phenoxy) is 1. The highest BCUT2D eigenvalue weighted by Crippen LogP contribution is 2.26. The highest BCUT2D eigenvalue weighted by Gasteiger charge is 2.39. The molecule has 0 N–H and O–H groups in total. The van der Waals surface area contributed by atoms with Gasteiger partial charge in [-0.3, -0.25) is 4.79 Å². The minimum atomic E-state index is -0.289. The second-order valence-electron chi connectivity index (χ2n) is 5.73. The first-order valence-electron chi connectivity index (χ1n) is 7.48. The highest BCUT2D eigenvalue weighted by atomic mass is 16.5. The second-order valence-corrected chi connectivity index (χ2v) is 5.73. The summed E-state index contributed by atoms with van der Waals surface area (Å²) in [6.45, 7) is 7.00. The van der Waals surface area contributed by atoms with Gasteiger partial charge in [0.2, 0.25) is 5.96 Å². The second kappa shape index (κ2) is 5.85. The predicted octanol–water partition coefficient (Wildman–Crippen LogP) is 1.75. The Labute approximate surface area is 125 Å². The van der Waals surface area contributed by atoms with Crippen molar-refractivity contribution in [3.8, 4) is 0 Å². The molecule has 1 amide bonds. The molecule has 21 heavy (non-hydrogen) atoms. The van der Waals surface area contributed by atoms with E-state index in [2.05, 4.69) is 4.90 Å². The summed E-state index contributed by atoms with van der Waals surface area (Å²) in [5, 5.41) is 0. The highest BCUT2D eigenvalue weighted by molar-refractivity contribution is 6.22. The molecule has 2 aliphatic rings. The normalized spacial score (nSPS) is 22.9. The molecule has 0 radical (unpaired) electrons. The number of rotatable bonds is 2. The lowest BCUT2D eigenvalue weighted by Crippen LogP contribution is -2.49. The maximum atomic E-state index is 12.8. The molecule has 0 saturated carbocycles. The zero-order valence-electron chi connectivity index (χ0n) is 12.5. The van der Waals surface area contributed by atoms with Gasteiger partial charge in [-0.25, -0.2) is 9.89 Å². The fourth-order valence-electron chi connectivity index (χ4n) is 2.71. The summed E-state index contributed by atoms with van der Waals surface area (Å²) in [4.78, 5) is 21.4. The van der Waals surface area contributed by atoms with Crippen molar-refractivity contribution in [2.45, 2.75) is 19.9 Å². The molecule has 1 fully saturated rings. The van der Waals surface area contributed by atoms with Crippen LogP contribution in [0.15, 0.2) is 35.3 Å². The molecule has 0 aromatic heterocycles. The van der Waals surface area contributed by atoms with Crippen molar-refractivity contribution in [2.75, 3.05) is 31.2 Å². The third kappa shape index (κ3) is 2.65. The van der Waals surface area contributed by atoms with E-state index in [0.717, 1.165) is 24.7 Å². The van der Waals surface area contributed by atoms with E-state index < -0.39 is 0 Å². The molecule has 2 heterocycles. The SMILES string of the molecule is CC(C)C1N=C(N2CCOCC2)N(c2ccccc2)C1=O. The Balaban J connectivity index is 1.95. The van der Waals surface area contributed by atoms with Gasteiger partial charge < -0.3 is 9.64 Å². The van der Waals surface area contributed by atoms with Crippen molar-refractivity contribution in [3.05, 3.63) is 30.3 Å². The van der Waals surface area contributed by atoms with Crippen LogP contribution in [0.5, 0.6) is 0 Å². The number of benzene rings is 1. The summed E-state index contributed by atoms with van der Waals surface area (Å²) < 4.78 is 5.40. The lowest BCUT2D eigenvalue weighted by Gasteiger charge is -2.32. The first-order chi connectivity index (χ1) is 10.2. The Morgan fingerprint density at radius 1 is 1.19 bits per heavy atom. The first kappa shape index (κ1) is 14.1. The monoisotopic (exact) mass is 287 g/mol. The van der Waals surface area contributed by atoms with Gasteiger partial charge in [-0.05, 0) is 18.1 Å². The molecule has 0 aliphatic carbocycles. The maximum absolute atomic E-state index is 12.8. The van der Waals surface area contributed by atoms with Gasteiger partial charge in [0.25, 0.3) is 5.91 Å². The number of carbonyl (C=O) groups is 1. The zero-order valence-corrected chi connectivity index (χ0v) is 12.5. The van der Waals surface area contributed by atoms with E-state index in [0.29, 0.717) is 13.2 Å². The molecule has 0 bridgehead atoms. The summed E-state index contributed by atoms with van der Waals surface area (Å²) in [6, 6.07) is 9.47. The number of aliphatic imine (C=N–C) groups is 1. The van der Waals surface area contributed by atoms with Crippen LogP contribution in [-0.2, 0) is 9.53 Å². The summed E-state index contributed by atoms with van der Waals surface area (Å²) in [6.07, 6.45) is 0. The Kier molecular flexibility index (Phi) is 3.92. The number of morpholine rings is 1. The van der Waals surface area contributed by atoms with Gasteiger partial charge in [0.15, 0.2) is 0 Å². The van der Waals surface area contributed by atoms with Crippen molar-refractivity contribution < 1.29 is 9.53 Å². The average Bonchev–Trinajstić information content (AvgIpc) is 2.87. The van der Waals surface area contributed by atoms with Crippen LogP contribution in [-0.4, -0.2) is 49.1 Å². The van der Waals surface area contributed by atoms with Crippen LogP contribution in [0.4, 0.5) is 5.69 Å². The molecule has 1 aromatic carbocycles. The summed E-state index contributed by atoms with van der Waals surface area (Å²) in [5.41, 5.74) is 0.885. The van der Waals surface area contributed by atoms with Crippen molar-refractivity contribution in [2.24, 2.45) is 10.9 Å². The Morgan fingerprint density at radius 2 is 1.86 bits per heavy atom. The van der Waals surface area contributed by atoms with Crippen LogP contribution in [0.25, 0.3) is 0 Å². The maximum Gasteiger partial charge on any atom is 0.259 e. The fraction of sp³-hybridized carbons (Fsp3) is 0.500. The van der Waals surface area contributed by atoms with Crippen molar-refractivity contribution in [1.29, 1.82) is 0 Å². The quantitative estimate of drug-likeness (QED) is 0.832. The molecule has 1 unspecified atom stereocenters. The molecular formula is C16H21N3O2. The largest absolute Gasteiger partial charge is 0.378 e. The van der Waals surface area contributed by atoms with E-state index in [4.69, 9.17) is 9.73 Å². The van der Waals surface area contributed by atoms with Gasteiger partial charge in [0.05, 0.1) is 18.9 Å². The minimum Gasteiger partial charge on any atom is -0.378 e. The van der Waals surface area contributed by atoms with Crippen LogP contribution >= 0.6 is 0 Å². The summed E-state index contributed by atoms with van der Waals surface area (Å²) in [5.74, 6) is 1.04. The molecule has 1 aromatic rings. The van der Waals surface area contributed by atoms with Crippen LogP contribution in [0, 0.1) is 5.92 Å². The molecule has 1 saturated heterocycles. The van der Waals surface area contributed by atoms with Crippen LogP contribution < -0.4 is 4.90 Å². The van der Waals surface area contributed by atoms with Gasteiger partial charge in [0, 0.05) is 13.1 Å². The van der Waals surface area contributed by atoms with Crippen LogP contribution in [0.3, 0.4) is 0 Å². The molecule has 1 atom stereocenters. The standard InChI is InChI=1S/C16H21N3O2/c1-12(2)14-15(20)19(13-6-4-3-5-7-13)16(17-14)18-8-10-21-11-9-18/h3-7,12,14H,8-11H2,1-2H3. The Morgan fingerprint density at radius 3 is 2.48 bits per heavy atom. The van der Waals surface area contributed by atoms with E-state index in [1.807, 2.05) is 44.2 Å². The number of amides is 1. The molecule has 0 spiro atoms.